The lowest BCUT2D eigenvalue weighted by molar-refractivity contribution is -0.157. The van der Waals surface area contributed by atoms with Crippen molar-refractivity contribution in [3.63, 3.8) is 0 Å². The highest BCUT2D eigenvalue weighted by atomic mass is 16.7. The maximum absolute atomic E-state index is 12.0. The van der Waals surface area contributed by atoms with Gasteiger partial charge in [-0.1, -0.05) is 25.5 Å². The van der Waals surface area contributed by atoms with Crippen LogP contribution in [0.2, 0.25) is 0 Å². The fourth-order valence-corrected chi connectivity index (χ4v) is 2.22. The molecule has 2 rings (SSSR count). The highest BCUT2D eigenvalue weighted by Gasteiger charge is 2.30. The molecule has 19 heavy (non-hydrogen) atoms. The fourth-order valence-electron chi connectivity index (χ4n) is 2.22. The van der Waals surface area contributed by atoms with E-state index in [0.29, 0.717) is 17.7 Å². The Morgan fingerprint density at radius 3 is 2.84 bits per heavy atom. The summed E-state index contributed by atoms with van der Waals surface area (Å²) < 4.78 is 0. The molecule has 0 radical (unpaired) electrons. The zero-order valence-corrected chi connectivity index (χ0v) is 11.6. The van der Waals surface area contributed by atoms with Crippen LogP contribution in [0.25, 0.3) is 0 Å². The first-order chi connectivity index (χ1) is 9.04. The van der Waals surface area contributed by atoms with Gasteiger partial charge in [0.2, 0.25) is 0 Å². The number of hydrogen-bond donors (Lipinski definition) is 0. The van der Waals surface area contributed by atoms with Gasteiger partial charge in [0, 0.05) is 24.6 Å². The molecule has 1 aliphatic heterocycles. The average molecular weight is 261 g/mol. The Morgan fingerprint density at radius 2 is 2.16 bits per heavy atom. The molecule has 1 aromatic rings. The number of nitrogens with zero attached hydrogens (tertiary/aromatic N) is 1. The maximum atomic E-state index is 12.0. The molecule has 0 aromatic heterocycles. The second-order valence-corrected chi connectivity index (χ2v) is 4.93. The normalized spacial score (nSPS) is 17.9. The monoisotopic (exact) mass is 261 g/mol. The van der Waals surface area contributed by atoms with Crippen LogP contribution in [0.15, 0.2) is 18.2 Å². The van der Waals surface area contributed by atoms with Crippen molar-refractivity contribution in [1.82, 2.24) is 5.06 Å². The van der Waals surface area contributed by atoms with E-state index >= 15 is 0 Å². The van der Waals surface area contributed by atoms with Gasteiger partial charge in [0.1, 0.15) is 0 Å². The Kier molecular flexibility index (Phi) is 3.88. The minimum Gasteiger partial charge on any atom is -0.377 e. The summed E-state index contributed by atoms with van der Waals surface area (Å²) in [4.78, 5) is 29.2. The molecule has 0 N–H and O–H groups in total. The summed E-state index contributed by atoms with van der Waals surface area (Å²) in [6, 6.07) is 5.35. The molecule has 1 heterocycles. The van der Waals surface area contributed by atoms with Crippen molar-refractivity contribution in [3.05, 3.63) is 29.3 Å². The van der Waals surface area contributed by atoms with E-state index in [4.69, 9.17) is 4.84 Å². The number of hydrogen-bond acceptors (Lipinski definition) is 3. The molecule has 4 heteroatoms. The van der Waals surface area contributed by atoms with Gasteiger partial charge in [-0.15, -0.1) is 0 Å². The number of fused-ring (bicyclic) bond motifs is 1. The van der Waals surface area contributed by atoms with Crippen LogP contribution in [0.1, 0.15) is 54.9 Å². The third-order valence-electron chi connectivity index (χ3n) is 3.48. The lowest BCUT2D eigenvalue weighted by atomic mass is 9.95. The Morgan fingerprint density at radius 1 is 1.42 bits per heavy atom. The Balaban J connectivity index is 2.27. The van der Waals surface area contributed by atoms with Crippen LogP contribution in [0.3, 0.4) is 0 Å². The molecule has 1 aromatic carbocycles. The van der Waals surface area contributed by atoms with Gasteiger partial charge in [-0.3, -0.25) is 9.59 Å². The molecular weight excluding hydrogens is 242 g/mol. The molecule has 1 aliphatic rings. The van der Waals surface area contributed by atoms with Gasteiger partial charge in [-0.05, 0) is 19.4 Å². The predicted molar refractivity (Wildman–Crippen MR) is 72.1 cm³/mol. The lowest BCUT2D eigenvalue weighted by Crippen LogP contribution is -2.37. The second kappa shape index (κ2) is 5.43. The number of amides is 1. The number of ketones is 1. The van der Waals surface area contributed by atoms with Gasteiger partial charge >= 0.3 is 0 Å². The number of Topliss-reactive ketones (excluding diaryl/α,β-unsaturated/α-hetero) is 1. The van der Waals surface area contributed by atoms with Crippen molar-refractivity contribution in [1.29, 1.82) is 0 Å². The largest absolute Gasteiger partial charge is 0.377 e. The number of benzene rings is 1. The van der Waals surface area contributed by atoms with Crippen LogP contribution in [0.4, 0.5) is 0 Å². The van der Waals surface area contributed by atoms with Crippen LogP contribution in [-0.4, -0.2) is 23.8 Å². The number of likely N-dealkylation sites (N-methyl/N-ethyl adjacent to an activating group) is 1. The molecule has 0 spiro atoms. The fraction of sp³-hybridized carbons (Fsp3) is 0.467. The standard InChI is InChI=1S/C15H19NO3/c1-4-5-6-13(17)11-7-8-12-10(2)15(18)16(3)19-14(12)9-11/h7-10H,4-6H2,1-3H3. The highest BCUT2D eigenvalue weighted by molar-refractivity contribution is 5.97. The van der Waals surface area contributed by atoms with Gasteiger partial charge in [-0.25, -0.2) is 0 Å². The third-order valence-corrected chi connectivity index (χ3v) is 3.48. The molecule has 102 valence electrons. The van der Waals surface area contributed by atoms with E-state index in [0.717, 1.165) is 18.4 Å². The van der Waals surface area contributed by atoms with Crippen LogP contribution in [0.5, 0.6) is 5.75 Å². The second-order valence-electron chi connectivity index (χ2n) is 4.93. The first kappa shape index (κ1) is 13.6. The quantitative estimate of drug-likeness (QED) is 0.783. The molecule has 0 fully saturated rings. The van der Waals surface area contributed by atoms with Crippen molar-refractivity contribution in [3.8, 4) is 5.75 Å². The van der Waals surface area contributed by atoms with Crippen molar-refractivity contribution in [2.45, 2.75) is 39.0 Å². The van der Waals surface area contributed by atoms with Crippen molar-refractivity contribution >= 4 is 11.7 Å². The van der Waals surface area contributed by atoms with E-state index in [9.17, 15) is 9.59 Å². The molecule has 0 bridgehead atoms. The first-order valence-corrected chi connectivity index (χ1v) is 6.67. The van der Waals surface area contributed by atoms with E-state index in [1.165, 1.54) is 5.06 Å². The summed E-state index contributed by atoms with van der Waals surface area (Å²) in [7, 11) is 1.59. The zero-order chi connectivity index (χ0) is 14.0. The molecular formula is C15H19NO3. The highest BCUT2D eigenvalue weighted by Crippen LogP contribution is 2.33. The zero-order valence-electron chi connectivity index (χ0n) is 11.6. The Hall–Kier alpha value is -1.84. The number of hydroxylamine groups is 2. The van der Waals surface area contributed by atoms with Crippen molar-refractivity contribution < 1.29 is 14.4 Å². The SMILES string of the molecule is CCCCC(=O)c1ccc2c(c1)ON(C)C(=O)C2C. The van der Waals surface area contributed by atoms with Gasteiger partial charge in [0.15, 0.2) is 11.5 Å². The summed E-state index contributed by atoms with van der Waals surface area (Å²) in [5.74, 6) is 0.434. The first-order valence-electron chi connectivity index (χ1n) is 6.67. The van der Waals surface area contributed by atoms with Crippen LogP contribution in [-0.2, 0) is 4.79 Å². The van der Waals surface area contributed by atoms with Crippen LogP contribution >= 0.6 is 0 Å². The van der Waals surface area contributed by atoms with Crippen molar-refractivity contribution in [2.75, 3.05) is 7.05 Å². The summed E-state index contributed by atoms with van der Waals surface area (Å²) >= 11 is 0. The minimum absolute atomic E-state index is 0.0717. The molecule has 1 atom stereocenters. The summed E-state index contributed by atoms with van der Waals surface area (Å²) in [6.07, 6.45) is 2.45. The summed E-state index contributed by atoms with van der Waals surface area (Å²) in [6.45, 7) is 3.91. The molecule has 1 amide bonds. The van der Waals surface area contributed by atoms with Crippen molar-refractivity contribution in [2.24, 2.45) is 0 Å². The number of rotatable bonds is 4. The number of carbonyl (C=O) groups is 2. The topological polar surface area (TPSA) is 46.6 Å². The van der Waals surface area contributed by atoms with Crippen LogP contribution in [0, 0.1) is 0 Å². The van der Waals surface area contributed by atoms with E-state index in [1.807, 2.05) is 13.0 Å². The third kappa shape index (κ3) is 2.62. The molecule has 0 saturated heterocycles. The Bertz CT molecular complexity index is 510. The molecule has 0 aliphatic carbocycles. The smallest absolute Gasteiger partial charge is 0.262 e. The minimum atomic E-state index is -0.228. The van der Waals surface area contributed by atoms with Gasteiger partial charge in [0.05, 0.1) is 5.92 Å². The number of unbranched alkanes of at least 4 members (excludes halogenated alkanes) is 1. The van der Waals surface area contributed by atoms with E-state index < -0.39 is 0 Å². The summed E-state index contributed by atoms with van der Waals surface area (Å²) in [5, 5.41) is 1.23. The van der Waals surface area contributed by atoms with Gasteiger partial charge in [0.25, 0.3) is 5.91 Å². The lowest BCUT2D eigenvalue weighted by Gasteiger charge is -2.29. The molecule has 1 unspecified atom stereocenters. The number of carbonyl (C=O) groups excluding carboxylic acids is 2. The van der Waals surface area contributed by atoms with Gasteiger partial charge < -0.3 is 4.84 Å². The summed E-state index contributed by atoms with van der Waals surface area (Å²) in [5.41, 5.74) is 1.50. The van der Waals surface area contributed by atoms with E-state index in [1.54, 1.807) is 19.2 Å². The van der Waals surface area contributed by atoms with Gasteiger partial charge in [-0.2, -0.15) is 5.06 Å². The van der Waals surface area contributed by atoms with E-state index in [-0.39, 0.29) is 17.6 Å². The molecule has 0 saturated carbocycles. The Labute approximate surface area is 113 Å². The van der Waals surface area contributed by atoms with Crippen LogP contribution < -0.4 is 4.84 Å². The molecule has 4 nitrogen and oxygen atoms in total. The predicted octanol–water partition coefficient (Wildman–Crippen LogP) is 2.93. The maximum Gasteiger partial charge on any atom is 0.262 e. The average Bonchev–Trinajstić information content (AvgIpc) is 2.41. The van der Waals surface area contributed by atoms with E-state index in [2.05, 4.69) is 6.92 Å².